The zero-order valence-corrected chi connectivity index (χ0v) is 12.9. The first-order valence-electron chi connectivity index (χ1n) is 7.15. The highest BCUT2D eigenvalue weighted by molar-refractivity contribution is 7.09. The first kappa shape index (κ1) is 14.3. The molecule has 0 aromatic carbocycles. The van der Waals surface area contributed by atoms with Gasteiger partial charge in [-0.1, -0.05) is 6.07 Å². The third kappa shape index (κ3) is 3.33. The average Bonchev–Trinajstić information content (AvgIpc) is 3.16. The van der Waals surface area contributed by atoms with Crippen molar-refractivity contribution in [1.82, 2.24) is 14.9 Å². The molecule has 0 bridgehead atoms. The number of imidazole rings is 1. The molecule has 1 saturated heterocycles. The summed E-state index contributed by atoms with van der Waals surface area (Å²) in [6.45, 7) is 3.70. The monoisotopic (exact) mass is 305 g/mol. The molecule has 21 heavy (non-hydrogen) atoms. The van der Waals surface area contributed by atoms with Crippen LogP contribution in [0.1, 0.15) is 28.9 Å². The van der Waals surface area contributed by atoms with Crippen LogP contribution in [0.3, 0.4) is 0 Å². The van der Waals surface area contributed by atoms with Crippen molar-refractivity contribution in [2.45, 2.75) is 25.8 Å². The maximum absolute atomic E-state index is 12.5. The fourth-order valence-electron chi connectivity index (χ4n) is 2.56. The number of thiophene rings is 1. The summed E-state index contributed by atoms with van der Waals surface area (Å²) in [5.41, 5.74) is 1.00. The number of nitrogens with one attached hydrogen (secondary N) is 1. The van der Waals surface area contributed by atoms with E-state index in [1.165, 1.54) is 4.88 Å². The summed E-state index contributed by atoms with van der Waals surface area (Å²) in [6.07, 6.45) is 3.13. The predicted molar refractivity (Wildman–Crippen MR) is 81.2 cm³/mol. The molecule has 1 N–H and O–H groups in total. The molecule has 1 aliphatic rings. The molecule has 1 atom stereocenters. The molecule has 0 aliphatic carbocycles. The summed E-state index contributed by atoms with van der Waals surface area (Å²) in [5.74, 6) is 0.988. The number of H-pyrrole nitrogens is 1. The van der Waals surface area contributed by atoms with Crippen LogP contribution in [0.5, 0.6) is 0 Å². The minimum atomic E-state index is -0.0942. The van der Waals surface area contributed by atoms with Gasteiger partial charge < -0.3 is 14.6 Å². The van der Waals surface area contributed by atoms with Crippen LogP contribution in [0, 0.1) is 6.92 Å². The van der Waals surface area contributed by atoms with E-state index in [9.17, 15) is 4.79 Å². The Hall–Kier alpha value is -1.66. The maximum Gasteiger partial charge on any atom is 0.223 e. The van der Waals surface area contributed by atoms with Crippen LogP contribution in [0.2, 0.25) is 0 Å². The Morgan fingerprint density at radius 2 is 2.52 bits per heavy atom. The van der Waals surface area contributed by atoms with Crippen LogP contribution >= 0.6 is 11.3 Å². The number of morpholine rings is 1. The molecule has 0 spiro atoms. The highest BCUT2D eigenvalue weighted by Crippen LogP contribution is 2.23. The summed E-state index contributed by atoms with van der Waals surface area (Å²) in [7, 11) is 0. The largest absolute Gasteiger partial charge is 0.377 e. The lowest BCUT2D eigenvalue weighted by molar-refractivity contribution is -0.140. The topological polar surface area (TPSA) is 58.2 Å². The van der Waals surface area contributed by atoms with Gasteiger partial charge in [0.1, 0.15) is 11.9 Å². The Bertz CT molecular complexity index is 594. The highest BCUT2D eigenvalue weighted by Gasteiger charge is 2.30. The second-order valence-electron chi connectivity index (χ2n) is 5.21. The Balaban J connectivity index is 1.67. The van der Waals surface area contributed by atoms with Gasteiger partial charge in [0.15, 0.2) is 0 Å². The van der Waals surface area contributed by atoms with Gasteiger partial charge in [-0.3, -0.25) is 4.79 Å². The van der Waals surface area contributed by atoms with Gasteiger partial charge in [-0.05, 0) is 24.8 Å². The van der Waals surface area contributed by atoms with Gasteiger partial charge in [0.2, 0.25) is 5.91 Å². The molecule has 1 aliphatic heterocycles. The number of carbonyl (C=O) groups excluding carboxylic acids is 1. The smallest absolute Gasteiger partial charge is 0.223 e. The molecule has 1 fully saturated rings. The number of aromatic nitrogens is 2. The molecule has 0 saturated carbocycles. The molecule has 2 aromatic heterocycles. The number of amides is 1. The molecule has 112 valence electrons. The molecule has 1 amide bonds. The van der Waals surface area contributed by atoms with Crippen LogP contribution in [0.25, 0.3) is 0 Å². The standard InChI is InChI=1S/C15H19N3O2S/c1-11-9-16-15(17-11)13-10-20-7-6-18(13)14(19)5-4-12-3-2-8-21-12/h2-3,8-9,13H,4-7,10H2,1H3,(H,16,17)/t13-/m0/s1. The first-order valence-corrected chi connectivity index (χ1v) is 8.03. The summed E-state index contributed by atoms with van der Waals surface area (Å²) in [5, 5.41) is 2.04. The number of carbonyl (C=O) groups is 1. The second-order valence-corrected chi connectivity index (χ2v) is 6.24. The van der Waals surface area contributed by atoms with E-state index in [2.05, 4.69) is 16.0 Å². The normalized spacial score (nSPS) is 18.9. The SMILES string of the molecule is Cc1cnc([C@@H]2COCCN2C(=O)CCc2cccs2)[nH]1. The van der Waals surface area contributed by atoms with E-state index in [1.54, 1.807) is 17.5 Å². The minimum Gasteiger partial charge on any atom is -0.377 e. The Morgan fingerprint density at radius 3 is 3.24 bits per heavy atom. The summed E-state index contributed by atoms with van der Waals surface area (Å²) < 4.78 is 5.52. The van der Waals surface area contributed by atoms with Gasteiger partial charge in [0.05, 0.1) is 13.2 Å². The van der Waals surface area contributed by atoms with E-state index in [1.807, 2.05) is 23.3 Å². The lowest BCUT2D eigenvalue weighted by Crippen LogP contribution is -2.43. The zero-order chi connectivity index (χ0) is 14.7. The predicted octanol–water partition coefficient (Wildman–Crippen LogP) is 2.31. The van der Waals surface area contributed by atoms with E-state index in [-0.39, 0.29) is 11.9 Å². The van der Waals surface area contributed by atoms with Crippen molar-refractivity contribution in [2.75, 3.05) is 19.8 Å². The third-order valence-corrected chi connectivity index (χ3v) is 4.59. The van der Waals surface area contributed by atoms with Crippen LogP contribution < -0.4 is 0 Å². The van der Waals surface area contributed by atoms with E-state index in [4.69, 9.17) is 4.74 Å². The van der Waals surface area contributed by atoms with Gasteiger partial charge >= 0.3 is 0 Å². The number of aryl methyl sites for hydroxylation is 2. The second kappa shape index (κ2) is 6.41. The molecule has 0 radical (unpaired) electrons. The van der Waals surface area contributed by atoms with Crippen LogP contribution in [-0.2, 0) is 16.0 Å². The Kier molecular flexibility index (Phi) is 4.36. The Morgan fingerprint density at radius 1 is 1.62 bits per heavy atom. The molecule has 5 nitrogen and oxygen atoms in total. The van der Waals surface area contributed by atoms with Crippen molar-refractivity contribution < 1.29 is 9.53 Å². The molecular weight excluding hydrogens is 286 g/mol. The van der Waals surface area contributed by atoms with Gasteiger partial charge in [-0.25, -0.2) is 4.98 Å². The fraction of sp³-hybridized carbons (Fsp3) is 0.467. The van der Waals surface area contributed by atoms with Gasteiger partial charge in [0, 0.05) is 29.7 Å². The maximum atomic E-state index is 12.5. The van der Waals surface area contributed by atoms with Crippen LogP contribution in [-0.4, -0.2) is 40.5 Å². The lowest BCUT2D eigenvalue weighted by atomic mass is 10.1. The number of hydrogen-bond donors (Lipinski definition) is 1. The quantitative estimate of drug-likeness (QED) is 0.943. The van der Waals surface area contributed by atoms with Gasteiger partial charge in [0.25, 0.3) is 0 Å². The number of ether oxygens (including phenoxy) is 1. The first-order chi connectivity index (χ1) is 10.2. The third-order valence-electron chi connectivity index (χ3n) is 3.65. The average molecular weight is 305 g/mol. The lowest BCUT2D eigenvalue weighted by Gasteiger charge is -2.34. The molecular formula is C15H19N3O2S. The molecule has 6 heteroatoms. The van der Waals surface area contributed by atoms with Crippen molar-refractivity contribution >= 4 is 17.2 Å². The highest BCUT2D eigenvalue weighted by atomic mass is 32.1. The molecule has 2 aromatic rings. The van der Waals surface area contributed by atoms with E-state index in [0.29, 0.717) is 26.2 Å². The molecule has 3 rings (SSSR count). The number of rotatable bonds is 4. The van der Waals surface area contributed by atoms with E-state index < -0.39 is 0 Å². The number of nitrogens with zero attached hydrogens (tertiary/aromatic N) is 2. The minimum absolute atomic E-state index is 0.0942. The fourth-order valence-corrected chi connectivity index (χ4v) is 3.27. The van der Waals surface area contributed by atoms with Crippen molar-refractivity contribution in [3.8, 4) is 0 Å². The van der Waals surface area contributed by atoms with Crippen LogP contribution in [0.4, 0.5) is 0 Å². The van der Waals surface area contributed by atoms with Gasteiger partial charge in [-0.2, -0.15) is 0 Å². The van der Waals surface area contributed by atoms with Crippen molar-refractivity contribution in [3.05, 3.63) is 40.1 Å². The Labute approximate surface area is 128 Å². The number of hydrogen-bond acceptors (Lipinski definition) is 4. The van der Waals surface area contributed by atoms with Crippen LogP contribution in [0.15, 0.2) is 23.7 Å². The number of aromatic amines is 1. The summed E-state index contributed by atoms with van der Waals surface area (Å²) in [4.78, 5) is 23.2. The summed E-state index contributed by atoms with van der Waals surface area (Å²) >= 11 is 1.70. The molecule has 3 heterocycles. The van der Waals surface area contributed by atoms with E-state index in [0.717, 1.165) is 17.9 Å². The van der Waals surface area contributed by atoms with Gasteiger partial charge in [-0.15, -0.1) is 11.3 Å². The van der Waals surface area contributed by atoms with E-state index >= 15 is 0 Å². The molecule has 0 unspecified atom stereocenters. The summed E-state index contributed by atoms with van der Waals surface area (Å²) in [6, 6.07) is 4.00. The zero-order valence-electron chi connectivity index (χ0n) is 12.0. The van der Waals surface area contributed by atoms with Crippen molar-refractivity contribution in [1.29, 1.82) is 0 Å². The van der Waals surface area contributed by atoms with Crippen molar-refractivity contribution in [2.24, 2.45) is 0 Å². The van der Waals surface area contributed by atoms with Crippen molar-refractivity contribution in [3.63, 3.8) is 0 Å².